The molecule has 5 heteroatoms. The zero-order valence-corrected chi connectivity index (χ0v) is 12.3. The molecule has 0 aliphatic rings. The number of rotatable bonds is 5. The maximum absolute atomic E-state index is 11.2. The molecule has 5 nitrogen and oxygen atoms in total. The van der Waals surface area contributed by atoms with E-state index in [-0.39, 0.29) is 17.5 Å². The van der Waals surface area contributed by atoms with Crippen LogP contribution in [-0.4, -0.2) is 12.0 Å². The summed E-state index contributed by atoms with van der Waals surface area (Å²) < 4.78 is 5.82. The van der Waals surface area contributed by atoms with E-state index in [0.717, 1.165) is 5.56 Å². The zero-order valence-electron chi connectivity index (χ0n) is 12.3. The van der Waals surface area contributed by atoms with Crippen LogP contribution in [0.4, 0.5) is 5.69 Å². The molecule has 1 atom stereocenters. The van der Waals surface area contributed by atoms with Crippen LogP contribution in [0.5, 0.6) is 11.5 Å². The molecule has 0 bridgehead atoms. The van der Waals surface area contributed by atoms with Crippen LogP contribution >= 0.6 is 0 Å². The summed E-state index contributed by atoms with van der Waals surface area (Å²) in [5.41, 5.74) is 1.54. The van der Waals surface area contributed by atoms with Crippen LogP contribution in [0.25, 0.3) is 0 Å². The Hall–Kier alpha value is -2.40. The van der Waals surface area contributed by atoms with Crippen molar-refractivity contribution in [3.05, 3.63) is 63.7 Å². The summed E-state index contributed by atoms with van der Waals surface area (Å²) in [6.07, 6.45) is 0. The molecule has 0 heterocycles. The van der Waals surface area contributed by atoms with Crippen LogP contribution in [0.1, 0.15) is 24.1 Å². The number of nitro benzene ring substituents is 1. The van der Waals surface area contributed by atoms with Crippen LogP contribution < -0.4 is 10.1 Å². The van der Waals surface area contributed by atoms with E-state index in [0.29, 0.717) is 11.3 Å². The molecule has 1 unspecified atom stereocenters. The molecular formula is C16H18N2O3. The predicted molar refractivity (Wildman–Crippen MR) is 81.8 cm³/mol. The van der Waals surface area contributed by atoms with Gasteiger partial charge in [-0.3, -0.25) is 10.1 Å². The summed E-state index contributed by atoms with van der Waals surface area (Å²) in [5.74, 6) is 0.879. The Labute approximate surface area is 123 Å². The molecule has 2 rings (SSSR count). The van der Waals surface area contributed by atoms with Gasteiger partial charge in [0, 0.05) is 17.2 Å². The molecule has 2 aromatic rings. The molecule has 0 aliphatic carbocycles. The third kappa shape index (κ3) is 3.20. The third-order valence-corrected chi connectivity index (χ3v) is 3.42. The second kappa shape index (κ2) is 6.37. The van der Waals surface area contributed by atoms with Gasteiger partial charge in [-0.2, -0.15) is 0 Å². The highest BCUT2D eigenvalue weighted by Gasteiger charge is 2.20. The highest BCUT2D eigenvalue weighted by atomic mass is 16.6. The number of nitro groups is 1. The van der Waals surface area contributed by atoms with E-state index in [1.165, 1.54) is 0 Å². The first-order chi connectivity index (χ1) is 10.0. The lowest BCUT2D eigenvalue weighted by molar-refractivity contribution is -0.386. The largest absolute Gasteiger partial charge is 0.450 e. The van der Waals surface area contributed by atoms with E-state index in [9.17, 15) is 10.1 Å². The van der Waals surface area contributed by atoms with Crippen molar-refractivity contribution in [2.45, 2.75) is 19.9 Å². The molecule has 0 saturated heterocycles. The zero-order chi connectivity index (χ0) is 15.4. The van der Waals surface area contributed by atoms with Crippen LogP contribution in [0.15, 0.2) is 42.5 Å². The maximum Gasteiger partial charge on any atom is 0.314 e. The fourth-order valence-corrected chi connectivity index (χ4v) is 2.15. The second-order valence-electron chi connectivity index (χ2n) is 4.83. The quantitative estimate of drug-likeness (QED) is 0.667. The first-order valence-electron chi connectivity index (χ1n) is 6.72. The molecule has 21 heavy (non-hydrogen) atoms. The van der Waals surface area contributed by atoms with Gasteiger partial charge in [-0.25, -0.2) is 0 Å². The van der Waals surface area contributed by atoms with Gasteiger partial charge < -0.3 is 10.1 Å². The van der Waals surface area contributed by atoms with Gasteiger partial charge in [0.05, 0.1) is 4.92 Å². The van der Waals surface area contributed by atoms with E-state index in [2.05, 4.69) is 5.32 Å². The van der Waals surface area contributed by atoms with Crippen molar-refractivity contribution in [2.75, 3.05) is 7.05 Å². The van der Waals surface area contributed by atoms with Crippen molar-refractivity contribution >= 4 is 5.69 Å². The molecule has 0 amide bonds. The van der Waals surface area contributed by atoms with Gasteiger partial charge in [0.25, 0.3) is 0 Å². The molecule has 0 aromatic heterocycles. The molecule has 0 saturated carbocycles. The maximum atomic E-state index is 11.2. The Morgan fingerprint density at radius 3 is 2.48 bits per heavy atom. The number of nitrogens with zero attached hydrogens (tertiary/aromatic N) is 1. The summed E-state index contributed by atoms with van der Waals surface area (Å²) in [7, 11) is 1.86. The summed E-state index contributed by atoms with van der Waals surface area (Å²) >= 11 is 0. The third-order valence-electron chi connectivity index (χ3n) is 3.42. The van der Waals surface area contributed by atoms with Crippen LogP contribution in [0.2, 0.25) is 0 Å². The lowest BCUT2D eigenvalue weighted by atomic mass is 10.1. The van der Waals surface area contributed by atoms with E-state index < -0.39 is 4.92 Å². The molecule has 0 fully saturated rings. The van der Waals surface area contributed by atoms with Crippen LogP contribution in [-0.2, 0) is 0 Å². The van der Waals surface area contributed by atoms with Crippen molar-refractivity contribution in [1.82, 2.24) is 5.32 Å². The van der Waals surface area contributed by atoms with Crippen molar-refractivity contribution in [3.8, 4) is 11.5 Å². The number of hydrogen-bond donors (Lipinski definition) is 1. The highest BCUT2D eigenvalue weighted by molar-refractivity contribution is 5.54. The van der Waals surface area contributed by atoms with E-state index >= 15 is 0 Å². The Kier molecular flexibility index (Phi) is 4.55. The van der Waals surface area contributed by atoms with Gasteiger partial charge in [-0.05, 0) is 33.0 Å². The minimum atomic E-state index is -0.408. The van der Waals surface area contributed by atoms with E-state index in [4.69, 9.17) is 4.74 Å². The van der Waals surface area contributed by atoms with E-state index in [1.807, 2.05) is 38.2 Å². The number of aryl methyl sites for hydroxylation is 1. The number of nitrogens with one attached hydrogen (secondary N) is 1. The predicted octanol–water partition coefficient (Wildman–Crippen LogP) is 3.98. The minimum Gasteiger partial charge on any atom is -0.450 e. The lowest BCUT2D eigenvalue weighted by Crippen LogP contribution is -2.13. The van der Waals surface area contributed by atoms with Crippen molar-refractivity contribution in [2.24, 2.45) is 0 Å². The fraction of sp³-hybridized carbons (Fsp3) is 0.250. The molecule has 0 aliphatic heterocycles. The number of benzene rings is 2. The van der Waals surface area contributed by atoms with Gasteiger partial charge in [0.15, 0.2) is 0 Å². The Morgan fingerprint density at radius 1 is 1.14 bits per heavy atom. The standard InChI is InChI=1S/C16H18N2O3/c1-11-7-6-10-15(16(11)18(19)20)21-14-9-5-4-8-13(14)12(2)17-3/h4-10,12,17H,1-3H3. The number of ether oxygens (including phenoxy) is 1. The SMILES string of the molecule is CNC(C)c1ccccc1Oc1cccc(C)c1[N+](=O)[O-]. The molecule has 0 spiro atoms. The Bertz CT molecular complexity index is 656. The fourth-order valence-electron chi connectivity index (χ4n) is 2.15. The Balaban J connectivity index is 2.44. The average molecular weight is 286 g/mol. The van der Waals surface area contributed by atoms with Gasteiger partial charge in [-0.1, -0.05) is 30.3 Å². The summed E-state index contributed by atoms with van der Waals surface area (Å²) in [6.45, 7) is 3.71. The second-order valence-corrected chi connectivity index (χ2v) is 4.83. The first kappa shape index (κ1) is 15.0. The molecular weight excluding hydrogens is 268 g/mol. The van der Waals surface area contributed by atoms with Gasteiger partial charge in [0.2, 0.25) is 5.75 Å². The van der Waals surface area contributed by atoms with Crippen LogP contribution in [0.3, 0.4) is 0 Å². The summed E-state index contributed by atoms with van der Waals surface area (Å²) in [6, 6.07) is 12.7. The number of hydrogen-bond acceptors (Lipinski definition) is 4. The molecule has 110 valence electrons. The van der Waals surface area contributed by atoms with Crippen molar-refractivity contribution < 1.29 is 9.66 Å². The summed E-state index contributed by atoms with van der Waals surface area (Å²) in [4.78, 5) is 10.8. The highest BCUT2D eigenvalue weighted by Crippen LogP contribution is 2.36. The Morgan fingerprint density at radius 2 is 1.81 bits per heavy atom. The van der Waals surface area contributed by atoms with Gasteiger partial charge >= 0.3 is 5.69 Å². The smallest absolute Gasteiger partial charge is 0.314 e. The first-order valence-corrected chi connectivity index (χ1v) is 6.72. The molecule has 0 radical (unpaired) electrons. The van der Waals surface area contributed by atoms with Gasteiger partial charge in [-0.15, -0.1) is 0 Å². The lowest BCUT2D eigenvalue weighted by Gasteiger charge is -2.16. The summed E-state index contributed by atoms with van der Waals surface area (Å²) in [5, 5.41) is 14.4. The normalized spacial score (nSPS) is 12.0. The van der Waals surface area contributed by atoms with Crippen LogP contribution in [0, 0.1) is 17.0 Å². The minimum absolute atomic E-state index is 0.00409. The van der Waals surface area contributed by atoms with Crippen molar-refractivity contribution in [1.29, 1.82) is 0 Å². The molecule has 1 N–H and O–H groups in total. The van der Waals surface area contributed by atoms with E-state index in [1.54, 1.807) is 25.1 Å². The topological polar surface area (TPSA) is 64.4 Å². The molecule has 2 aromatic carbocycles. The average Bonchev–Trinajstić information content (AvgIpc) is 2.46. The van der Waals surface area contributed by atoms with Gasteiger partial charge in [0.1, 0.15) is 5.75 Å². The monoisotopic (exact) mass is 286 g/mol. The van der Waals surface area contributed by atoms with Crippen molar-refractivity contribution in [3.63, 3.8) is 0 Å². The number of para-hydroxylation sites is 2.